The first kappa shape index (κ1) is 18.3. The zero-order valence-corrected chi connectivity index (χ0v) is 16.3. The SMILES string of the molecule is C[C@H](Nc1ccncn1)c1cccc(-c2cnc(N3CCN(C)CC3)nc2)c1. The molecular weight excluding hydrogens is 350 g/mol. The molecule has 0 radical (unpaired) electrons. The number of nitrogens with one attached hydrogen (secondary N) is 1. The third kappa shape index (κ3) is 4.26. The molecule has 2 aromatic heterocycles. The molecule has 1 aliphatic rings. The van der Waals surface area contributed by atoms with E-state index in [1.54, 1.807) is 12.5 Å². The maximum Gasteiger partial charge on any atom is 0.225 e. The van der Waals surface area contributed by atoms with E-state index in [1.165, 1.54) is 5.56 Å². The lowest BCUT2D eigenvalue weighted by molar-refractivity contribution is 0.311. The van der Waals surface area contributed by atoms with Crippen LogP contribution in [0.2, 0.25) is 0 Å². The molecule has 3 heterocycles. The normalized spacial score (nSPS) is 16.0. The van der Waals surface area contributed by atoms with Gasteiger partial charge in [-0.15, -0.1) is 0 Å². The van der Waals surface area contributed by atoms with Crippen molar-refractivity contribution in [1.29, 1.82) is 0 Å². The van der Waals surface area contributed by atoms with Crippen molar-refractivity contribution < 1.29 is 0 Å². The van der Waals surface area contributed by atoms with Crippen molar-refractivity contribution in [3.05, 3.63) is 60.8 Å². The topological polar surface area (TPSA) is 70.1 Å². The smallest absolute Gasteiger partial charge is 0.225 e. The Hall–Kier alpha value is -3.06. The molecule has 0 bridgehead atoms. The summed E-state index contributed by atoms with van der Waals surface area (Å²) in [5.74, 6) is 1.62. The minimum atomic E-state index is 0.125. The average Bonchev–Trinajstić information content (AvgIpc) is 2.75. The van der Waals surface area contributed by atoms with Crippen LogP contribution >= 0.6 is 0 Å². The van der Waals surface area contributed by atoms with Crippen LogP contribution in [0.5, 0.6) is 0 Å². The summed E-state index contributed by atoms with van der Waals surface area (Å²) < 4.78 is 0. The first-order chi connectivity index (χ1) is 13.7. The zero-order chi connectivity index (χ0) is 19.3. The van der Waals surface area contributed by atoms with Gasteiger partial charge in [0.25, 0.3) is 0 Å². The molecule has 7 nitrogen and oxygen atoms in total. The van der Waals surface area contributed by atoms with Crippen molar-refractivity contribution >= 4 is 11.8 Å². The largest absolute Gasteiger partial charge is 0.363 e. The predicted octanol–water partition coefficient (Wildman–Crippen LogP) is 2.86. The molecular formula is C21H25N7. The molecule has 144 valence electrons. The number of piperazine rings is 1. The Morgan fingerprint density at radius 3 is 2.46 bits per heavy atom. The Bertz CT molecular complexity index is 890. The van der Waals surface area contributed by atoms with Crippen LogP contribution in [-0.2, 0) is 0 Å². The van der Waals surface area contributed by atoms with Gasteiger partial charge in [0.1, 0.15) is 12.1 Å². The molecule has 0 amide bonds. The fourth-order valence-corrected chi connectivity index (χ4v) is 3.31. The second kappa shape index (κ2) is 8.31. The maximum atomic E-state index is 4.61. The lowest BCUT2D eigenvalue weighted by Crippen LogP contribution is -2.45. The van der Waals surface area contributed by atoms with Crippen LogP contribution < -0.4 is 10.2 Å². The summed E-state index contributed by atoms with van der Waals surface area (Å²) in [5, 5.41) is 3.40. The average molecular weight is 375 g/mol. The molecule has 0 saturated carbocycles. The highest BCUT2D eigenvalue weighted by Gasteiger charge is 2.16. The third-order valence-corrected chi connectivity index (χ3v) is 5.09. The first-order valence-electron chi connectivity index (χ1n) is 9.57. The van der Waals surface area contributed by atoms with Crippen LogP contribution in [0, 0.1) is 0 Å². The van der Waals surface area contributed by atoms with Crippen LogP contribution in [0.25, 0.3) is 11.1 Å². The van der Waals surface area contributed by atoms with Gasteiger partial charge in [-0.25, -0.2) is 19.9 Å². The second-order valence-electron chi connectivity index (χ2n) is 7.15. The van der Waals surface area contributed by atoms with Gasteiger partial charge in [0, 0.05) is 56.4 Å². The highest BCUT2D eigenvalue weighted by Crippen LogP contribution is 2.25. The number of rotatable bonds is 5. The van der Waals surface area contributed by atoms with Gasteiger partial charge in [0.2, 0.25) is 5.95 Å². The van der Waals surface area contributed by atoms with Gasteiger partial charge >= 0.3 is 0 Å². The number of anilines is 2. The van der Waals surface area contributed by atoms with Crippen molar-refractivity contribution in [3.63, 3.8) is 0 Å². The molecule has 0 spiro atoms. The number of nitrogens with zero attached hydrogens (tertiary/aromatic N) is 6. The summed E-state index contributed by atoms with van der Waals surface area (Å²) in [6.07, 6.45) is 7.12. The van der Waals surface area contributed by atoms with Crippen LogP contribution in [0.15, 0.2) is 55.2 Å². The number of hydrogen-bond acceptors (Lipinski definition) is 7. The summed E-state index contributed by atoms with van der Waals surface area (Å²) in [7, 11) is 2.15. The van der Waals surface area contributed by atoms with Gasteiger partial charge < -0.3 is 15.1 Å². The van der Waals surface area contributed by atoms with E-state index in [0.29, 0.717) is 0 Å². The van der Waals surface area contributed by atoms with E-state index in [4.69, 9.17) is 0 Å². The van der Waals surface area contributed by atoms with Gasteiger partial charge in [-0.2, -0.15) is 0 Å². The molecule has 1 atom stereocenters. The molecule has 1 aromatic carbocycles. The number of likely N-dealkylation sites (N-methyl/N-ethyl adjacent to an activating group) is 1. The molecule has 28 heavy (non-hydrogen) atoms. The van der Waals surface area contributed by atoms with E-state index in [-0.39, 0.29) is 6.04 Å². The van der Waals surface area contributed by atoms with Crippen molar-refractivity contribution in [3.8, 4) is 11.1 Å². The lowest BCUT2D eigenvalue weighted by Gasteiger charge is -2.32. The van der Waals surface area contributed by atoms with E-state index in [0.717, 1.165) is 49.1 Å². The molecule has 0 aliphatic carbocycles. The number of hydrogen-bond donors (Lipinski definition) is 1. The lowest BCUT2D eigenvalue weighted by atomic mass is 10.0. The van der Waals surface area contributed by atoms with E-state index in [2.05, 4.69) is 73.3 Å². The van der Waals surface area contributed by atoms with E-state index >= 15 is 0 Å². The van der Waals surface area contributed by atoms with E-state index in [1.807, 2.05) is 18.5 Å². The monoisotopic (exact) mass is 375 g/mol. The molecule has 3 aromatic rings. The van der Waals surface area contributed by atoms with Gasteiger partial charge in [-0.1, -0.05) is 18.2 Å². The number of aromatic nitrogens is 4. The summed E-state index contributed by atoms with van der Waals surface area (Å²) in [6.45, 7) is 6.15. The molecule has 1 N–H and O–H groups in total. The van der Waals surface area contributed by atoms with Crippen LogP contribution in [0.3, 0.4) is 0 Å². The van der Waals surface area contributed by atoms with Crippen molar-refractivity contribution in [2.45, 2.75) is 13.0 Å². The van der Waals surface area contributed by atoms with E-state index in [9.17, 15) is 0 Å². The van der Waals surface area contributed by atoms with Crippen molar-refractivity contribution in [1.82, 2.24) is 24.8 Å². The quantitative estimate of drug-likeness (QED) is 0.735. The van der Waals surface area contributed by atoms with Gasteiger partial charge in [0.05, 0.1) is 0 Å². The Morgan fingerprint density at radius 1 is 0.964 bits per heavy atom. The third-order valence-electron chi connectivity index (χ3n) is 5.09. The molecule has 1 saturated heterocycles. The number of benzene rings is 1. The van der Waals surface area contributed by atoms with Crippen molar-refractivity contribution in [2.24, 2.45) is 0 Å². The fraction of sp³-hybridized carbons (Fsp3) is 0.333. The molecule has 1 aliphatic heterocycles. The van der Waals surface area contributed by atoms with E-state index < -0.39 is 0 Å². The summed E-state index contributed by atoms with van der Waals surface area (Å²) in [4.78, 5) is 22.0. The van der Waals surface area contributed by atoms with Gasteiger partial charge in [-0.05, 0) is 37.2 Å². The van der Waals surface area contributed by atoms with Crippen LogP contribution in [0.1, 0.15) is 18.5 Å². The highest BCUT2D eigenvalue weighted by molar-refractivity contribution is 5.63. The molecule has 7 heteroatoms. The summed E-state index contributed by atoms with van der Waals surface area (Å²) in [6, 6.07) is 10.4. The predicted molar refractivity (Wildman–Crippen MR) is 111 cm³/mol. The zero-order valence-electron chi connectivity index (χ0n) is 16.3. The Kier molecular flexibility index (Phi) is 5.43. The summed E-state index contributed by atoms with van der Waals surface area (Å²) in [5.41, 5.74) is 3.31. The Labute approximate surface area is 165 Å². The van der Waals surface area contributed by atoms with Gasteiger partial charge in [-0.3, -0.25) is 0 Å². The fourth-order valence-electron chi connectivity index (χ4n) is 3.31. The summed E-state index contributed by atoms with van der Waals surface area (Å²) >= 11 is 0. The second-order valence-corrected chi connectivity index (χ2v) is 7.15. The van der Waals surface area contributed by atoms with Gasteiger partial charge in [0.15, 0.2) is 0 Å². The Morgan fingerprint density at radius 2 is 1.75 bits per heavy atom. The minimum Gasteiger partial charge on any atom is -0.363 e. The maximum absolute atomic E-state index is 4.61. The standard InChI is InChI=1S/C21H25N7/c1-16(26-20-6-7-22-15-25-20)17-4-3-5-18(12-17)19-13-23-21(24-14-19)28-10-8-27(2)9-11-28/h3-7,12-16H,8-11H2,1-2H3,(H,22,25,26)/t16-/m0/s1. The molecule has 1 fully saturated rings. The molecule has 4 rings (SSSR count). The van der Waals surface area contributed by atoms with Crippen LogP contribution in [0.4, 0.5) is 11.8 Å². The minimum absolute atomic E-state index is 0.125. The highest BCUT2D eigenvalue weighted by atomic mass is 15.3. The first-order valence-corrected chi connectivity index (χ1v) is 9.57. The van der Waals surface area contributed by atoms with Crippen LogP contribution in [-0.4, -0.2) is 58.1 Å². The van der Waals surface area contributed by atoms with Crippen molar-refractivity contribution in [2.75, 3.05) is 43.4 Å². The Balaban J connectivity index is 1.48. The molecule has 0 unspecified atom stereocenters.